The Balaban J connectivity index is 2.49. The van der Waals surface area contributed by atoms with Crippen LogP contribution in [0.15, 0.2) is 17.4 Å². The van der Waals surface area contributed by atoms with Gasteiger partial charge in [0.1, 0.15) is 5.82 Å². The van der Waals surface area contributed by atoms with Gasteiger partial charge in [-0.25, -0.2) is 4.99 Å². The molecule has 0 bridgehead atoms. The third-order valence-electron chi connectivity index (χ3n) is 4.39. The molecule has 0 radical (unpaired) electrons. The monoisotopic (exact) mass is 294 g/mol. The van der Waals surface area contributed by atoms with Crippen LogP contribution in [-0.2, 0) is 4.79 Å². The Labute approximate surface area is 128 Å². The van der Waals surface area contributed by atoms with Crippen molar-refractivity contribution in [2.24, 2.45) is 22.7 Å². The normalized spacial score (nSPS) is 18.9. The molecule has 0 aromatic heterocycles. The molecule has 1 unspecified atom stereocenters. The van der Waals surface area contributed by atoms with E-state index in [9.17, 15) is 4.79 Å². The predicted octanol–water partition coefficient (Wildman–Crippen LogP) is 3.79. The maximum absolute atomic E-state index is 10.9. The first kappa shape index (κ1) is 17.7. The molecule has 0 amide bonds. The Morgan fingerprint density at radius 1 is 1.33 bits per heavy atom. The summed E-state index contributed by atoms with van der Waals surface area (Å²) in [5.74, 6) is 0.914. The summed E-state index contributed by atoms with van der Waals surface area (Å²) in [5.41, 5.74) is 1.20. The van der Waals surface area contributed by atoms with E-state index in [0.29, 0.717) is 11.8 Å². The first-order valence-electron chi connectivity index (χ1n) is 8.09. The van der Waals surface area contributed by atoms with Gasteiger partial charge >= 0.3 is 5.97 Å². The average molecular weight is 294 g/mol. The quantitative estimate of drug-likeness (QED) is 0.727. The zero-order chi connectivity index (χ0) is 16.0. The van der Waals surface area contributed by atoms with Crippen LogP contribution in [0.4, 0.5) is 0 Å². The van der Waals surface area contributed by atoms with Gasteiger partial charge in [-0.15, -0.1) is 0 Å². The SMILES string of the molecule is C=C(/N=C(\CC)C(C)C)N1CCC(CC(C)C(=O)O)CC1. The van der Waals surface area contributed by atoms with Crippen molar-refractivity contribution in [2.45, 2.75) is 53.4 Å². The van der Waals surface area contributed by atoms with Crippen LogP contribution in [-0.4, -0.2) is 34.8 Å². The second-order valence-electron chi connectivity index (χ2n) is 6.43. The molecule has 0 spiro atoms. The van der Waals surface area contributed by atoms with E-state index in [1.165, 1.54) is 5.71 Å². The summed E-state index contributed by atoms with van der Waals surface area (Å²) in [4.78, 5) is 17.8. The summed E-state index contributed by atoms with van der Waals surface area (Å²) in [6.45, 7) is 14.2. The van der Waals surface area contributed by atoms with Gasteiger partial charge in [-0.1, -0.05) is 34.3 Å². The van der Waals surface area contributed by atoms with Crippen molar-refractivity contribution in [1.82, 2.24) is 4.90 Å². The van der Waals surface area contributed by atoms with Crippen LogP contribution >= 0.6 is 0 Å². The van der Waals surface area contributed by atoms with Crippen molar-refractivity contribution >= 4 is 11.7 Å². The fourth-order valence-electron chi connectivity index (χ4n) is 2.88. The smallest absolute Gasteiger partial charge is 0.306 e. The fourth-order valence-corrected chi connectivity index (χ4v) is 2.88. The topological polar surface area (TPSA) is 52.9 Å². The van der Waals surface area contributed by atoms with Gasteiger partial charge in [0.25, 0.3) is 0 Å². The summed E-state index contributed by atoms with van der Waals surface area (Å²) in [7, 11) is 0. The zero-order valence-electron chi connectivity index (χ0n) is 13.9. The summed E-state index contributed by atoms with van der Waals surface area (Å²) < 4.78 is 0. The lowest BCUT2D eigenvalue weighted by Gasteiger charge is -2.34. The van der Waals surface area contributed by atoms with E-state index in [1.807, 2.05) is 0 Å². The number of carboxylic acid groups (broad SMARTS) is 1. The largest absolute Gasteiger partial charge is 0.481 e. The van der Waals surface area contributed by atoms with E-state index in [1.54, 1.807) is 6.92 Å². The van der Waals surface area contributed by atoms with E-state index in [4.69, 9.17) is 5.11 Å². The lowest BCUT2D eigenvalue weighted by Crippen LogP contribution is -2.33. The molecule has 4 heteroatoms. The number of likely N-dealkylation sites (tertiary alicyclic amines) is 1. The Morgan fingerprint density at radius 2 is 1.90 bits per heavy atom. The zero-order valence-corrected chi connectivity index (χ0v) is 13.9. The second-order valence-corrected chi connectivity index (χ2v) is 6.43. The molecule has 1 heterocycles. The number of aliphatic imine (C=N–C) groups is 1. The van der Waals surface area contributed by atoms with Crippen molar-refractivity contribution < 1.29 is 9.90 Å². The second kappa shape index (κ2) is 8.20. The molecule has 0 aromatic carbocycles. The van der Waals surface area contributed by atoms with Crippen LogP contribution in [0.5, 0.6) is 0 Å². The fraction of sp³-hybridized carbons (Fsp3) is 0.765. The summed E-state index contributed by atoms with van der Waals surface area (Å²) in [6, 6.07) is 0. The van der Waals surface area contributed by atoms with Gasteiger partial charge in [0, 0.05) is 18.8 Å². The standard InChI is InChI=1S/C17H30N2O2/c1-6-16(12(2)3)18-14(5)19-9-7-15(8-10-19)11-13(4)17(20)21/h12-13,15H,5-11H2,1-4H3,(H,20,21)/b18-16+. The molecule has 4 nitrogen and oxygen atoms in total. The highest BCUT2D eigenvalue weighted by molar-refractivity contribution is 5.86. The summed E-state index contributed by atoms with van der Waals surface area (Å²) >= 11 is 0. The van der Waals surface area contributed by atoms with Crippen molar-refractivity contribution in [1.29, 1.82) is 0 Å². The average Bonchev–Trinajstić information content (AvgIpc) is 2.44. The minimum absolute atomic E-state index is 0.240. The van der Waals surface area contributed by atoms with Crippen LogP contribution in [0.1, 0.15) is 53.4 Å². The van der Waals surface area contributed by atoms with Crippen molar-refractivity contribution in [3.05, 3.63) is 12.4 Å². The predicted molar refractivity (Wildman–Crippen MR) is 87.4 cm³/mol. The van der Waals surface area contributed by atoms with Gasteiger partial charge in [0.05, 0.1) is 5.92 Å². The van der Waals surface area contributed by atoms with Gasteiger partial charge < -0.3 is 10.0 Å². The number of piperidine rings is 1. The van der Waals surface area contributed by atoms with E-state index in [2.05, 4.69) is 37.2 Å². The molecule has 1 aliphatic rings. The Morgan fingerprint density at radius 3 is 2.33 bits per heavy atom. The molecule has 1 fully saturated rings. The number of hydrogen-bond acceptors (Lipinski definition) is 3. The van der Waals surface area contributed by atoms with Crippen LogP contribution in [0.2, 0.25) is 0 Å². The molecule has 0 saturated carbocycles. The molecule has 1 N–H and O–H groups in total. The van der Waals surface area contributed by atoms with E-state index in [0.717, 1.165) is 44.6 Å². The molecule has 21 heavy (non-hydrogen) atoms. The van der Waals surface area contributed by atoms with E-state index >= 15 is 0 Å². The number of aliphatic carboxylic acids is 1. The lowest BCUT2D eigenvalue weighted by molar-refractivity contribution is -0.141. The van der Waals surface area contributed by atoms with Crippen molar-refractivity contribution in [2.75, 3.05) is 13.1 Å². The number of hydrogen-bond donors (Lipinski definition) is 1. The Kier molecular flexibility index (Phi) is 6.93. The molecule has 1 atom stereocenters. The number of carboxylic acids is 1. The lowest BCUT2D eigenvalue weighted by atomic mass is 9.88. The molecule has 0 aliphatic carbocycles. The molecule has 120 valence electrons. The third-order valence-corrected chi connectivity index (χ3v) is 4.39. The van der Waals surface area contributed by atoms with Crippen molar-refractivity contribution in [3.8, 4) is 0 Å². The number of carbonyl (C=O) groups is 1. The van der Waals surface area contributed by atoms with Crippen LogP contribution in [0.25, 0.3) is 0 Å². The van der Waals surface area contributed by atoms with Gasteiger partial charge in [0.2, 0.25) is 0 Å². The molecule has 1 saturated heterocycles. The van der Waals surface area contributed by atoms with Gasteiger partial charge in [-0.2, -0.15) is 0 Å². The van der Waals surface area contributed by atoms with Gasteiger partial charge in [0.15, 0.2) is 0 Å². The number of rotatable bonds is 7. The van der Waals surface area contributed by atoms with Crippen LogP contribution in [0, 0.1) is 17.8 Å². The third kappa shape index (κ3) is 5.52. The maximum atomic E-state index is 10.9. The highest BCUT2D eigenvalue weighted by Gasteiger charge is 2.24. The Hall–Kier alpha value is -1.32. The number of nitrogens with zero attached hydrogens (tertiary/aromatic N) is 2. The molecule has 1 aliphatic heterocycles. The van der Waals surface area contributed by atoms with E-state index < -0.39 is 5.97 Å². The summed E-state index contributed by atoms with van der Waals surface area (Å²) in [5, 5.41) is 8.99. The first-order chi connectivity index (χ1) is 9.85. The molecule has 1 rings (SSSR count). The minimum Gasteiger partial charge on any atom is -0.481 e. The minimum atomic E-state index is -0.684. The highest BCUT2D eigenvalue weighted by Crippen LogP contribution is 2.26. The molecule has 0 aromatic rings. The van der Waals surface area contributed by atoms with Crippen LogP contribution < -0.4 is 0 Å². The van der Waals surface area contributed by atoms with E-state index in [-0.39, 0.29) is 5.92 Å². The summed E-state index contributed by atoms with van der Waals surface area (Å²) in [6.07, 6.45) is 3.82. The first-order valence-corrected chi connectivity index (χ1v) is 8.09. The van der Waals surface area contributed by atoms with Crippen LogP contribution in [0.3, 0.4) is 0 Å². The Bertz CT molecular complexity index is 394. The highest BCUT2D eigenvalue weighted by atomic mass is 16.4. The molecular weight excluding hydrogens is 264 g/mol. The van der Waals surface area contributed by atoms with Gasteiger partial charge in [-0.05, 0) is 37.5 Å². The maximum Gasteiger partial charge on any atom is 0.306 e. The van der Waals surface area contributed by atoms with Gasteiger partial charge in [-0.3, -0.25) is 4.79 Å². The molecular formula is C17H30N2O2. The van der Waals surface area contributed by atoms with Crippen molar-refractivity contribution in [3.63, 3.8) is 0 Å².